The highest BCUT2D eigenvalue weighted by Crippen LogP contribution is 2.12. The molecular weight excluding hydrogens is 272 g/mol. The lowest BCUT2D eigenvalue weighted by molar-refractivity contribution is -0.136. The maximum atomic E-state index is 12.2. The number of benzene rings is 1. The lowest BCUT2D eigenvalue weighted by Crippen LogP contribution is -2.50. The van der Waals surface area contributed by atoms with E-state index in [4.69, 9.17) is 9.47 Å². The lowest BCUT2D eigenvalue weighted by Gasteiger charge is -2.29. The number of nitrogens with one attached hydrogen (secondary N) is 1. The number of methoxy groups -OCH3 is 1. The maximum Gasteiger partial charge on any atom is 0.252 e. The maximum absolute atomic E-state index is 12.2. The highest BCUT2D eigenvalue weighted by molar-refractivity contribution is 5.97. The van der Waals surface area contributed by atoms with E-state index in [1.165, 1.54) is 0 Å². The monoisotopic (exact) mass is 292 g/mol. The number of hydrogen-bond donors (Lipinski definition) is 1. The number of carbonyl (C=O) groups excluding carboxylic acids is 2. The molecule has 1 aromatic carbocycles. The number of ether oxygens (including phenoxy) is 2. The Morgan fingerprint density at radius 1 is 1.33 bits per heavy atom. The van der Waals surface area contributed by atoms with E-state index in [2.05, 4.69) is 5.32 Å². The van der Waals surface area contributed by atoms with Crippen molar-refractivity contribution in [2.45, 2.75) is 13.0 Å². The molecule has 1 aliphatic heterocycles. The molecule has 0 spiro atoms. The number of morpholine rings is 1. The van der Waals surface area contributed by atoms with Gasteiger partial charge in [0.15, 0.2) is 0 Å². The quantitative estimate of drug-likeness (QED) is 0.886. The number of amides is 2. The van der Waals surface area contributed by atoms with E-state index in [0.29, 0.717) is 37.6 Å². The van der Waals surface area contributed by atoms with Gasteiger partial charge in [0, 0.05) is 18.7 Å². The van der Waals surface area contributed by atoms with Gasteiger partial charge >= 0.3 is 0 Å². The van der Waals surface area contributed by atoms with Crippen LogP contribution in [0.25, 0.3) is 0 Å². The molecule has 6 heteroatoms. The first-order chi connectivity index (χ1) is 10.1. The minimum atomic E-state index is -0.568. The van der Waals surface area contributed by atoms with Crippen molar-refractivity contribution < 1.29 is 19.1 Å². The second-order valence-corrected chi connectivity index (χ2v) is 4.86. The van der Waals surface area contributed by atoms with Gasteiger partial charge in [-0.25, -0.2) is 0 Å². The molecule has 1 saturated heterocycles. The average Bonchev–Trinajstić information content (AvgIpc) is 2.54. The van der Waals surface area contributed by atoms with E-state index >= 15 is 0 Å². The van der Waals surface area contributed by atoms with Crippen molar-refractivity contribution in [2.75, 3.05) is 33.4 Å². The smallest absolute Gasteiger partial charge is 0.252 e. The molecule has 1 aromatic rings. The van der Waals surface area contributed by atoms with Crippen LogP contribution in [0, 0.1) is 0 Å². The summed E-state index contributed by atoms with van der Waals surface area (Å²) in [5.41, 5.74) is 0.468. The van der Waals surface area contributed by atoms with Crippen molar-refractivity contribution in [3.05, 3.63) is 29.8 Å². The molecule has 0 aromatic heterocycles. The normalized spacial score (nSPS) is 16.2. The van der Waals surface area contributed by atoms with Gasteiger partial charge in [0.25, 0.3) is 5.91 Å². The molecule has 0 unspecified atom stereocenters. The summed E-state index contributed by atoms with van der Waals surface area (Å²) >= 11 is 0. The van der Waals surface area contributed by atoms with Crippen LogP contribution in [-0.4, -0.2) is 56.2 Å². The van der Waals surface area contributed by atoms with Gasteiger partial charge in [-0.05, 0) is 25.1 Å². The molecule has 0 saturated carbocycles. The number of carbonyl (C=O) groups is 2. The van der Waals surface area contributed by atoms with Crippen molar-refractivity contribution in [1.29, 1.82) is 0 Å². The van der Waals surface area contributed by atoms with Crippen molar-refractivity contribution in [3.63, 3.8) is 0 Å². The Kier molecular flexibility index (Phi) is 5.16. The fourth-order valence-corrected chi connectivity index (χ4v) is 2.16. The molecule has 1 aliphatic rings. The van der Waals surface area contributed by atoms with Gasteiger partial charge in [0.1, 0.15) is 11.8 Å². The van der Waals surface area contributed by atoms with Gasteiger partial charge in [-0.1, -0.05) is 6.07 Å². The molecular formula is C15H20N2O4. The Morgan fingerprint density at radius 3 is 2.71 bits per heavy atom. The van der Waals surface area contributed by atoms with Gasteiger partial charge in [0.05, 0.1) is 20.3 Å². The van der Waals surface area contributed by atoms with Crippen LogP contribution in [0.5, 0.6) is 5.75 Å². The summed E-state index contributed by atoms with van der Waals surface area (Å²) in [5, 5.41) is 2.72. The zero-order chi connectivity index (χ0) is 15.2. The minimum Gasteiger partial charge on any atom is -0.497 e. The van der Waals surface area contributed by atoms with Crippen molar-refractivity contribution in [2.24, 2.45) is 0 Å². The van der Waals surface area contributed by atoms with E-state index in [1.807, 2.05) is 0 Å². The molecule has 1 fully saturated rings. The van der Waals surface area contributed by atoms with Crippen molar-refractivity contribution >= 4 is 11.8 Å². The van der Waals surface area contributed by atoms with Gasteiger partial charge in [-0.15, -0.1) is 0 Å². The molecule has 114 valence electrons. The van der Waals surface area contributed by atoms with Crippen LogP contribution in [0.4, 0.5) is 0 Å². The standard InChI is InChI=1S/C15H20N2O4/c1-11(15(19)17-6-8-21-9-7-17)16-14(18)12-4-3-5-13(10-12)20-2/h3-5,10-11H,6-9H2,1-2H3,(H,16,18)/t11-/m1/s1. The third-order valence-corrected chi connectivity index (χ3v) is 3.37. The summed E-state index contributed by atoms with van der Waals surface area (Å²) < 4.78 is 10.3. The van der Waals surface area contributed by atoms with Crippen molar-refractivity contribution in [3.8, 4) is 5.75 Å². The summed E-state index contributed by atoms with van der Waals surface area (Å²) in [6.07, 6.45) is 0. The third kappa shape index (κ3) is 3.95. The third-order valence-electron chi connectivity index (χ3n) is 3.37. The summed E-state index contributed by atoms with van der Waals surface area (Å²) in [6, 6.07) is 6.26. The van der Waals surface area contributed by atoms with Crippen LogP contribution in [0.3, 0.4) is 0 Å². The van der Waals surface area contributed by atoms with E-state index in [-0.39, 0.29) is 11.8 Å². The first kappa shape index (κ1) is 15.3. The van der Waals surface area contributed by atoms with Gasteiger partial charge in [-0.2, -0.15) is 0 Å². The first-order valence-corrected chi connectivity index (χ1v) is 6.93. The second-order valence-electron chi connectivity index (χ2n) is 4.86. The number of hydrogen-bond acceptors (Lipinski definition) is 4. The molecule has 0 bridgehead atoms. The highest BCUT2D eigenvalue weighted by atomic mass is 16.5. The van der Waals surface area contributed by atoms with E-state index in [0.717, 1.165) is 0 Å². The average molecular weight is 292 g/mol. The Bertz CT molecular complexity index is 512. The van der Waals surface area contributed by atoms with Gasteiger partial charge in [-0.3, -0.25) is 9.59 Å². The van der Waals surface area contributed by atoms with E-state index in [9.17, 15) is 9.59 Å². The van der Waals surface area contributed by atoms with Crippen LogP contribution in [0.1, 0.15) is 17.3 Å². The Balaban J connectivity index is 1.96. The van der Waals surface area contributed by atoms with E-state index < -0.39 is 6.04 Å². The lowest BCUT2D eigenvalue weighted by atomic mass is 10.2. The zero-order valence-corrected chi connectivity index (χ0v) is 12.3. The minimum absolute atomic E-state index is 0.0884. The molecule has 0 aliphatic carbocycles. The fraction of sp³-hybridized carbons (Fsp3) is 0.467. The predicted octanol–water partition coefficient (Wildman–Crippen LogP) is 0.672. The Labute approximate surface area is 124 Å². The molecule has 2 amide bonds. The second kappa shape index (κ2) is 7.08. The summed E-state index contributed by atoms with van der Waals surface area (Å²) in [4.78, 5) is 26.1. The van der Waals surface area contributed by atoms with Crippen LogP contribution < -0.4 is 10.1 Å². The Morgan fingerprint density at radius 2 is 2.05 bits per heavy atom. The topological polar surface area (TPSA) is 67.9 Å². The first-order valence-electron chi connectivity index (χ1n) is 6.93. The summed E-state index contributed by atoms with van der Waals surface area (Å²) in [6.45, 7) is 3.91. The van der Waals surface area contributed by atoms with Gasteiger partial charge in [0.2, 0.25) is 5.91 Å². The predicted molar refractivity (Wildman–Crippen MR) is 77.3 cm³/mol. The molecule has 1 heterocycles. The molecule has 21 heavy (non-hydrogen) atoms. The fourth-order valence-electron chi connectivity index (χ4n) is 2.16. The zero-order valence-electron chi connectivity index (χ0n) is 12.3. The molecule has 1 atom stereocenters. The number of nitrogens with zero attached hydrogens (tertiary/aromatic N) is 1. The summed E-state index contributed by atoms with van der Waals surface area (Å²) in [5.74, 6) is 0.229. The highest BCUT2D eigenvalue weighted by Gasteiger charge is 2.24. The molecule has 0 radical (unpaired) electrons. The van der Waals surface area contributed by atoms with Crippen molar-refractivity contribution in [1.82, 2.24) is 10.2 Å². The SMILES string of the molecule is COc1cccc(C(=O)N[C@H](C)C(=O)N2CCOCC2)c1. The van der Waals surface area contributed by atoms with Crippen LogP contribution in [-0.2, 0) is 9.53 Å². The Hall–Kier alpha value is -2.08. The largest absolute Gasteiger partial charge is 0.497 e. The number of rotatable bonds is 4. The molecule has 6 nitrogen and oxygen atoms in total. The summed E-state index contributed by atoms with van der Waals surface area (Å²) in [7, 11) is 1.54. The van der Waals surface area contributed by atoms with Gasteiger partial charge < -0.3 is 19.7 Å². The van der Waals surface area contributed by atoms with Crippen LogP contribution >= 0.6 is 0 Å². The molecule has 2 rings (SSSR count). The van der Waals surface area contributed by atoms with E-state index in [1.54, 1.807) is 43.2 Å². The van der Waals surface area contributed by atoms with Crippen LogP contribution in [0.15, 0.2) is 24.3 Å². The van der Waals surface area contributed by atoms with Crippen LogP contribution in [0.2, 0.25) is 0 Å². The molecule has 1 N–H and O–H groups in total.